The molecule has 0 unspecified atom stereocenters. The Balaban J connectivity index is 1.65. The van der Waals surface area contributed by atoms with E-state index in [4.69, 9.17) is 0 Å². The van der Waals surface area contributed by atoms with Crippen molar-refractivity contribution >= 4 is 41.0 Å². The van der Waals surface area contributed by atoms with Crippen LogP contribution in [0.25, 0.3) is 0 Å². The van der Waals surface area contributed by atoms with Gasteiger partial charge in [-0.15, -0.1) is 0 Å². The van der Waals surface area contributed by atoms with Crippen LogP contribution in [0.4, 0.5) is 5.69 Å². The largest absolute Gasteiger partial charge is 0.340 e. The molecule has 0 saturated carbocycles. The average Bonchev–Trinajstić information content (AvgIpc) is 2.80. The predicted molar refractivity (Wildman–Crippen MR) is 141 cm³/mol. The summed E-state index contributed by atoms with van der Waals surface area (Å²) in [6.07, 6.45) is 2.55. The number of rotatable bonds is 9. The summed E-state index contributed by atoms with van der Waals surface area (Å²) < 4.78 is 0. The van der Waals surface area contributed by atoms with Gasteiger partial charge in [-0.05, 0) is 98.4 Å². The van der Waals surface area contributed by atoms with Gasteiger partial charge in [-0.3, -0.25) is 9.59 Å². The maximum absolute atomic E-state index is 13.0. The first-order chi connectivity index (χ1) is 15.9. The molecular weight excluding hydrogens is 448 g/mol. The van der Waals surface area contributed by atoms with E-state index in [0.29, 0.717) is 17.7 Å². The molecule has 0 spiro atoms. The second-order valence-electron chi connectivity index (χ2n) is 7.98. The van der Waals surface area contributed by atoms with Gasteiger partial charge < -0.3 is 10.6 Å². The van der Waals surface area contributed by atoms with Gasteiger partial charge in [0.25, 0.3) is 5.91 Å². The normalized spacial score (nSPS) is 11.6. The highest BCUT2D eigenvalue weighted by atomic mass is 32.2. The van der Waals surface area contributed by atoms with Crippen molar-refractivity contribution in [1.29, 1.82) is 0 Å². The lowest BCUT2D eigenvalue weighted by Gasteiger charge is -2.19. The molecule has 6 heteroatoms. The summed E-state index contributed by atoms with van der Waals surface area (Å²) in [7, 11) is 0. The SMILES string of the molecule is CSCC[C@H](NC(=O)c1ccccc1C)C(=O)Nc1ccc(Sc2ccc(C)c(C)c2)cc1. The maximum atomic E-state index is 13.0. The first-order valence-corrected chi connectivity index (χ1v) is 13.1. The van der Waals surface area contributed by atoms with E-state index in [1.807, 2.05) is 55.6 Å². The van der Waals surface area contributed by atoms with E-state index in [9.17, 15) is 9.59 Å². The van der Waals surface area contributed by atoms with Crippen molar-refractivity contribution in [3.63, 3.8) is 0 Å². The molecule has 2 N–H and O–H groups in total. The summed E-state index contributed by atoms with van der Waals surface area (Å²) in [4.78, 5) is 28.0. The summed E-state index contributed by atoms with van der Waals surface area (Å²) in [6.45, 7) is 6.11. The van der Waals surface area contributed by atoms with Gasteiger partial charge in [0.1, 0.15) is 6.04 Å². The zero-order chi connectivity index (χ0) is 23.8. The van der Waals surface area contributed by atoms with Gasteiger partial charge in [0, 0.05) is 21.0 Å². The van der Waals surface area contributed by atoms with E-state index in [-0.39, 0.29) is 11.8 Å². The molecule has 33 heavy (non-hydrogen) atoms. The quantitative estimate of drug-likeness (QED) is 0.381. The molecule has 1 atom stereocenters. The van der Waals surface area contributed by atoms with Gasteiger partial charge in [-0.2, -0.15) is 11.8 Å². The van der Waals surface area contributed by atoms with Crippen LogP contribution in [-0.2, 0) is 4.79 Å². The molecule has 0 radical (unpaired) electrons. The molecule has 0 aliphatic carbocycles. The zero-order valence-electron chi connectivity index (χ0n) is 19.5. The van der Waals surface area contributed by atoms with Crippen LogP contribution in [0, 0.1) is 20.8 Å². The Morgan fingerprint density at radius 1 is 0.848 bits per heavy atom. The molecule has 3 aromatic rings. The van der Waals surface area contributed by atoms with Gasteiger partial charge >= 0.3 is 0 Å². The molecule has 0 aliphatic heterocycles. The molecular formula is C27H30N2O2S2. The third-order valence-electron chi connectivity index (χ3n) is 5.46. The molecule has 0 aliphatic rings. The number of carbonyl (C=O) groups is 2. The molecule has 0 heterocycles. The van der Waals surface area contributed by atoms with Crippen molar-refractivity contribution in [1.82, 2.24) is 5.32 Å². The van der Waals surface area contributed by atoms with Crippen molar-refractivity contribution < 1.29 is 9.59 Å². The number of nitrogens with one attached hydrogen (secondary N) is 2. The van der Waals surface area contributed by atoms with Crippen LogP contribution >= 0.6 is 23.5 Å². The number of carbonyl (C=O) groups excluding carboxylic acids is 2. The fourth-order valence-electron chi connectivity index (χ4n) is 3.32. The molecule has 4 nitrogen and oxygen atoms in total. The van der Waals surface area contributed by atoms with Gasteiger partial charge in [0.2, 0.25) is 5.91 Å². The molecule has 3 rings (SSSR count). The highest BCUT2D eigenvalue weighted by Gasteiger charge is 2.22. The first-order valence-electron chi connectivity index (χ1n) is 10.9. The van der Waals surface area contributed by atoms with Crippen LogP contribution in [0.1, 0.15) is 33.5 Å². The van der Waals surface area contributed by atoms with Crippen molar-refractivity contribution in [2.24, 2.45) is 0 Å². The molecule has 172 valence electrons. The van der Waals surface area contributed by atoms with Crippen molar-refractivity contribution in [2.75, 3.05) is 17.3 Å². The van der Waals surface area contributed by atoms with Crippen LogP contribution in [0.5, 0.6) is 0 Å². The Labute approximate surface area is 204 Å². The van der Waals surface area contributed by atoms with Gasteiger partial charge in [0.15, 0.2) is 0 Å². The Hall–Kier alpha value is -2.70. The summed E-state index contributed by atoms with van der Waals surface area (Å²) in [5, 5.41) is 5.87. The monoisotopic (exact) mass is 478 g/mol. The third kappa shape index (κ3) is 7.14. The predicted octanol–water partition coefficient (Wildman–Crippen LogP) is 6.25. The summed E-state index contributed by atoms with van der Waals surface area (Å²) in [5.41, 5.74) is 4.74. The standard InChI is InChI=1S/C27H30N2O2S2/c1-18-9-12-23(17-20(18)3)33-22-13-10-21(11-14-22)28-27(31)25(15-16-32-4)29-26(30)24-8-6-5-7-19(24)2/h5-14,17,25H,15-16H2,1-4H3,(H,28,31)(H,29,30)/t25-/m0/s1. The number of hydrogen-bond donors (Lipinski definition) is 2. The Bertz CT molecular complexity index is 1110. The molecule has 3 aromatic carbocycles. The number of hydrogen-bond acceptors (Lipinski definition) is 4. The van der Waals surface area contributed by atoms with Crippen LogP contribution in [0.3, 0.4) is 0 Å². The number of thioether (sulfide) groups is 1. The van der Waals surface area contributed by atoms with Crippen LogP contribution in [0.2, 0.25) is 0 Å². The lowest BCUT2D eigenvalue weighted by molar-refractivity contribution is -0.118. The van der Waals surface area contributed by atoms with Crippen molar-refractivity contribution in [3.05, 3.63) is 89.0 Å². The third-order valence-corrected chi connectivity index (χ3v) is 7.10. The summed E-state index contributed by atoms with van der Waals surface area (Å²) in [5.74, 6) is 0.340. The van der Waals surface area contributed by atoms with Crippen LogP contribution < -0.4 is 10.6 Å². The first kappa shape index (κ1) is 24.9. The molecule has 2 amide bonds. The fourth-order valence-corrected chi connectivity index (χ4v) is 4.70. The number of amides is 2. The average molecular weight is 479 g/mol. The highest BCUT2D eigenvalue weighted by Crippen LogP contribution is 2.30. The van der Waals surface area contributed by atoms with Gasteiger partial charge in [0.05, 0.1) is 0 Å². The molecule has 0 bridgehead atoms. The van der Waals surface area contributed by atoms with E-state index >= 15 is 0 Å². The maximum Gasteiger partial charge on any atom is 0.252 e. The second kappa shape index (κ2) is 12.0. The number of benzene rings is 3. The fraction of sp³-hybridized carbons (Fsp3) is 0.259. The summed E-state index contributed by atoms with van der Waals surface area (Å²) in [6, 6.07) is 21.0. The minimum atomic E-state index is -0.603. The van der Waals surface area contributed by atoms with Crippen molar-refractivity contribution in [2.45, 2.75) is 43.0 Å². The lowest BCUT2D eigenvalue weighted by atomic mass is 10.1. The minimum absolute atomic E-state index is 0.208. The van der Waals surface area contributed by atoms with Gasteiger partial charge in [-0.1, -0.05) is 36.0 Å². The van der Waals surface area contributed by atoms with Gasteiger partial charge in [-0.25, -0.2) is 0 Å². The molecule has 0 aromatic heterocycles. The van der Waals surface area contributed by atoms with Crippen molar-refractivity contribution in [3.8, 4) is 0 Å². The number of aryl methyl sites for hydroxylation is 3. The Morgan fingerprint density at radius 2 is 1.55 bits per heavy atom. The van der Waals surface area contributed by atoms with Crippen LogP contribution in [-0.4, -0.2) is 29.9 Å². The Kier molecular flexibility index (Phi) is 9.03. The topological polar surface area (TPSA) is 58.2 Å². The molecule has 0 fully saturated rings. The smallest absolute Gasteiger partial charge is 0.252 e. The van der Waals surface area contributed by atoms with E-state index in [2.05, 4.69) is 42.7 Å². The number of anilines is 1. The minimum Gasteiger partial charge on any atom is -0.340 e. The Morgan fingerprint density at radius 3 is 2.21 bits per heavy atom. The van der Waals surface area contributed by atoms with E-state index in [1.54, 1.807) is 29.6 Å². The van der Waals surface area contributed by atoms with E-state index in [0.717, 1.165) is 16.2 Å². The zero-order valence-corrected chi connectivity index (χ0v) is 21.1. The van der Waals surface area contributed by atoms with Crippen LogP contribution in [0.15, 0.2) is 76.5 Å². The van der Waals surface area contributed by atoms with E-state index in [1.165, 1.54) is 16.0 Å². The van der Waals surface area contributed by atoms with E-state index < -0.39 is 6.04 Å². The lowest BCUT2D eigenvalue weighted by Crippen LogP contribution is -2.44. The summed E-state index contributed by atoms with van der Waals surface area (Å²) >= 11 is 3.34. The molecule has 0 saturated heterocycles. The highest BCUT2D eigenvalue weighted by molar-refractivity contribution is 7.99. The second-order valence-corrected chi connectivity index (χ2v) is 10.1.